The van der Waals surface area contributed by atoms with Gasteiger partial charge in [0.1, 0.15) is 5.82 Å². The Balaban J connectivity index is 2.21. The minimum atomic E-state index is -0.445. The van der Waals surface area contributed by atoms with E-state index in [1.54, 1.807) is 30.0 Å². The van der Waals surface area contributed by atoms with Crippen LogP contribution < -0.4 is 5.32 Å². The van der Waals surface area contributed by atoms with Gasteiger partial charge in [0.25, 0.3) is 5.69 Å². The number of amides is 1. The molecule has 1 amide bonds. The lowest BCUT2D eigenvalue weighted by Gasteiger charge is -2.10. The molecular formula is C14H15N3O3S. The van der Waals surface area contributed by atoms with E-state index in [9.17, 15) is 14.9 Å². The normalized spacial score (nSPS) is 12.1. The minimum Gasteiger partial charge on any atom is -0.310 e. The van der Waals surface area contributed by atoms with Gasteiger partial charge in [-0.1, -0.05) is 6.92 Å². The lowest BCUT2D eigenvalue weighted by molar-refractivity contribution is -0.384. The lowest BCUT2D eigenvalue weighted by atomic mass is 10.2. The third-order valence-electron chi connectivity index (χ3n) is 3.00. The lowest BCUT2D eigenvalue weighted by Crippen LogP contribution is -2.22. The number of nitro benzene ring substituents is 1. The second-order valence-electron chi connectivity index (χ2n) is 4.68. The van der Waals surface area contributed by atoms with Gasteiger partial charge in [-0.2, -0.15) is 11.8 Å². The van der Waals surface area contributed by atoms with Crippen molar-refractivity contribution >= 4 is 40.1 Å². The maximum absolute atomic E-state index is 11.9. The zero-order valence-electron chi connectivity index (χ0n) is 11.7. The van der Waals surface area contributed by atoms with Crippen molar-refractivity contribution in [3.8, 4) is 0 Å². The van der Waals surface area contributed by atoms with E-state index in [0.29, 0.717) is 16.7 Å². The fourth-order valence-corrected chi connectivity index (χ4v) is 2.52. The maximum Gasteiger partial charge on any atom is 0.270 e. The van der Waals surface area contributed by atoms with Gasteiger partial charge in [0.2, 0.25) is 5.91 Å². The molecular weight excluding hydrogens is 290 g/mol. The first-order chi connectivity index (χ1) is 10.0. The van der Waals surface area contributed by atoms with Crippen LogP contribution in [0, 0.1) is 16.0 Å². The smallest absolute Gasteiger partial charge is 0.270 e. The molecule has 1 aromatic carbocycles. The number of fused-ring (bicyclic) bond motifs is 1. The molecule has 0 aliphatic rings. The van der Waals surface area contributed by atoms with Crippen LogP contribution in [0.25, 0.3) is 10.9 Å². The third-order valence-corrected chi connectivity index (χ3v) is 3.83. The van der Waals surface area contributed by atoms with Crippen molar-refractivity contribution in [3.63, 3.8) is 0 Å². The molecule has 2 aromatic rings. The van der Waals surface area contributed by atoms with E-state index in [-0.39, 0.29) is 17.5 Å². The molecule has 1 unspecified atom stereocenters. The molecule has 0 radical (unpaired) electrons. The van der Waals surface area contributed by atoms with Gasteiger partial charge in [0.15, 0.2) is 0 Å². The Labute approximate surface area is 126 Å². The topological polar surface area (TPSA) is 85.1 Å². The molecule has 0 bridgehead atoms. The maximum atomic E-state index is 11.9. The highest BCUT2D eigenvalue weighted by Crippen LogP contribution is 2.21. The Morgan fingerprint density at radius 3 is 2.86 bits per heavy atom. The molecule has 1 aromatic heterocycles. The van der Waals surface area contributed by atoms with Crippen LogP contribution in [0.15, 0.2) is 30.3 Å². The summed E-state index contributed by atoms with van der Waals surface area (Å²) in [6.07, 6.45) is 1.95. The number of non-ortho nitro benzene ring substituents is 1. The van der Waals surface area contributed by atoms with Crippen LogP contribution in [0.4, 0.5) is 11.5 Å². The van der Waals surface area contributed by atoms with Gasteiger partial charge in [0.05, 0.1) is 10.4 Å². The molecule has 0 aliphatic heterocycles. The van der Waals surface area contributed by atoms with Gasteiger partial charge in [-0.05, 0) is 24.5 Å². The number of nitrogens with zero attached hydrogens (tertiary/aromatic N) is 2. The second kappa shape index (κ2) is 6.53. The molecule has 7 heteroatoms. The molecule has 110 valence electrons. The summed E-state index contributed by atoms with van der Waals surface area (Å²) in [5, 5.41) is 14.1. The molecule has 0 spiro atoms. The van der Waals surface area contributed by atoms with Gasteiger partial charge in [-0.25, -0.2) is 4.98 Å². The van der Waals surface area contributed by atoms with Crippen LogP contribution in [0.5, 0.6) is 0 Å². The SMILES string of the molecule is CSCC(C)C(=O)Nc1ccc2cc([N+](=O)[O-])ccc2n1. The number of thioether (sulfide) groups is 1. The van der Waals surface area contributed by atoms with Crippen molar-refractivity contribution in [2.45, 2.75) is 6.92 Å². The molecule has 2 rings (SSSR count). The van der Waals surface area contributed by atoms with Crippen molar-refractivity contribution < 1.29 is 9.72 Å². The first kappa shape index (κ1) is 15.2. The van der Waals surface area contributed by atoms with E-state index in [2.05, 4.69) is 10.3 Å². The van der Waals surface area contributed by atoms with Crippen LogP contribution in [0.2, 0.25) is 0 Å². The average molecular weight is 305 g/mol. The predicted octanol–water partition coefficient (Wildman–Crippen LogP) is 3.08. The molecule has 0 saturated carbocycles. The van der Waals surface area contributed by atoms with E-state index < -0.39 is 4.92 Å². The Bertz CT molecular complexity index is 690. The standard InChI is InChI=1S/C14H15N3O3S/c1-9(8-21-2)14(18)16-13-6-3-10-7-11(17(19)20)4-5-12(10)15-13/h3-7,9H,8H2,1-2H3,(H,15,16,18). The summed E-state index contributed by atoms with van der Waals surface area (Å²) in [7, 11) is 0. The molecule has 6 nitrogen and oxygen atoms in total. The quantitative estimate of drug-likeness (QED) is 0.677. The second-order valence-corrected chi connectivity index (χ2v) is 5.59. The minimum absolute atomic E-state index is 0.0229. The zero-order valence-corrected chi connectivity index (χ0v) is 12.5. The van der Waals surface area contributed by atoms with Gasteiger partial charge >= 0.3 is 0 Å². The predicted molar refractivity (Wildman–Crippen MR) is 84.6 cm³/mol. The van der Waals surface area contributed by atoms with Crippen LogP contribution in [-0.4, -0.2) is 27.8 Å². The van der Waals surface area contributed by atoms with Gasteiger partial charge in [-0.3, -0.25) is 14.9 Å². The molecule has 21 heavy (non-hydrogen) atoms. The molecule has 1 heterocycles. The largest absolute Gasteiger partial charge is 0.310 e. The number of hydrogen-bond donors (Lipinski definition) is 1. The summed E-state index contributed by atoms with van der Waals surface area (Å²) in [6, 6.07) is 7.80. The Morgan fingerprint density at radius 1 is 1.43 bits per heavy atom. The molecule has 1 atom stereocenters. The molecule has 0 fully saturated rings. The van der Waals surface area contributed by atoms with Crippen molar-refractivity contribution in [2.24, 2.45) is 5.92 Å². The van der Waals surface area contributed by atoms with Crippen molar-refractivity contribution in [3.05, 3.63) is 40.4 Å². The number of pyridine rings is 1. The Hall–Kier alpha value is -2.15. The van der Waals surface area contributed by atoms with E-state index in [1.165, 1.54) is 12.1 Å². The van der Waals surface area contributed by atoms with E-state index in [1.807, 2.05) is 13.2 Å². The van der Waals surface area contributed by atoms with Crippen molar-refractivity contribution in [1.29, 1.82) is 0 Å². The number of nitrogens with one attached hydrogen (secondary N) is 1. The fourth-order valence-electron chi connectivity index (χ4n) is 1.87. The Kier molecular flexibility index (Phi) is 4.74. The first-order valence-electron chi connectivity index (χ1n) is 6.36. The first-order valence-corrected chi connectivity index (χ1v) is 7.75. The fraction of sp³-hybridized carbons (Fsp3) is 0.286. The van der Waals surface area contributed by atoms with E-state index in [4.69, 9.17) is 0 Å². The monoisotopic (exact) mass is 305 g/mol. The number of hydrogen-bond acceptors (Lipinski definition) is 5. The van der Waals surface area contributed by atoms with Gasteiger partial charge in [-0.15, -0.1) is 0 Å². The van der Waals surface area contributed by atoms with Crippen molar-refractivity contribution in [1.82, 2.24) is 4.98 Å². The summed E-state index contributed by atoms with van der Waals surface area (Å²) in [5.41, 5.74) is 0.630. The Morgan fingerprint density at radius 2 is 2.19 bits per heavy atom. The van der Waals surface area contributed by atoms with E-state index in [0.717, 1.165) is 5.75 Å². The number of benzene rings is 1. The number of rotatable bonds is 5. The number of aromatic nitrogens is 1. The van der Waals surface area contributed by atoms with Gasteiger partial charge < -0.3 is 5.32 Å². The van der Waals surface area contributed by atoms with Crippen LogP contribution in [0.1, 0.15) is 6.92 Å². The summed E-state index contributed by atoms with van der Waals surface area (Å²) in [4.78, 5) is 26.5. The number of carbonyl (C=O) groups excluding carboxylic acids is 1. The van der Waals surface area contributed by atoms with E-state index >= 15 is 0 Å². The summed E-state index contributed by atoms with van der Waals surface area (Å²) in [6.45, 7) is 1.86. The van der Waals surface area contributed by atoms with Crippen LogP contribution in [0.3, 0.4) is 0 Å². The number of carbonyl (C=O) groups is 1. The molecule has 1 N–H and O–H groups in total. The molecule has 0 aliphatic carbocycles. The number of nitro groups is 1. The highest BCUT2D eigenvalue weighted by Gasteiger charge is 2.13. The summed E-state index contributed by atoms with van der Waals surface area (Å²) >= 11 is 1.61. The summed E-state index contributed by atoms with van der Waals surface area (Å²) in [5.74, 6) is 1.01. The average Bonchev–Trinajstić information content (AvgIpc) is 2.46. The molecule has 0 saturated heterocycles. The van der Waals surface area contributed by atoms with Crippen LogP contribution >= 0.6 is 11.8 Å². The third kappa shape index (κ3) is 3.69. The summed E-state index contributed by atoms with van der Waals surface area (Å²) < 4.78 is 0. The highest BCUT2D eigenvalue weighted by atomic mass is 32.2. The highest BCUT2D eigenvalue weighted by molar-refractivity contribution is 7.98. The number of anilines is 1. The van der Waals surface area contributed by atoms with Gasteiger partial charge in [0, 0.05) is 29.2 Å². The van der Waals surface area contributed by atoms with Crippen LogP contribution in [-0.2, 0) is 4.79 Å². The van der Waals surface area contributed by atoms with Crippen molar-refractivity contribution in [2.75, 3.05) is 17.3 Å². The zero-order chi connectivity index (χ0) is 15.4.